The van der Waals surface area contributed by atoms with E-state index in [1.165, 1.54) is 6.42 Å². The Morgan fingerprint density at radius 1 is 1.33 bits per heavy atom. The van der Waals surface area contributed by atoms with Gasteiger partial charge in [-0.1, -0.05) is 12.1 Å². The molecule has 1 unspecified atom stereocenters. The van der Waals surface area contributed by atoms with E-state index in [4.69, 9.17) is 4.74 Å². The lowest BCUT2D eigenvalue weighted by molar-refractivity contribution is 0.169. The quantitative estimate of drug-likeness (QED) is 0.879. The largest absolute Gasteiger partial charge is 0.488 e. The van der Waals surface area contributed by atoms with Crippen molar-refractivity contribution in [3.05, 3.63) is 36.0 Å². The number of rotatable bonds is 2. The number of fused-ring (bicyclic) bond motifs is 1. The number of hydrogen-bond acceptors (Lipinski definition) is 3. The number of aryl methyl sites for hydroxylation is 1. The first-order valence-electron chi connectivity index (χ1n) is 6.57. The van der Waals surface area contributed by atoms with Crippen LogP contribution in [0.4, 0.5) is 0 Å². The fourth-order valence-corrected chi connectivity index (χ4v) is 2.47. The third-order valence-corrected chi connectivity index (χ3v) is 3.35. The number of benzene rings is 1. The second-order valence-electron chi connectivity index (χ2n) is 4.87. The van der Waals surface area contributed by atoms with E-state index in [1.807, 2.05) is 31.2 Å². The summed E-state index contributed by atoms with van der Waals surface area (Å²) in [5.74, 6) is 0.965. The highest BCUT2D eigenvalue weighted by molar-refractivity contribution is 5.85. The summed E-state index contributed by atoms with van der Waals surface area (Å²) in [6.07, 6.45) is 2.60. The number of para-hydroxylation sites is 1. The molecule has 18 heavy (non-hydrogen) atoms. The topological polar surface area (TPSA) is 34.1 Å². The number of nitrogens with zero attached hydrogens (tertiary/aromatic N) is 1. The third kappa shape index (κ3) is 2.31. The molecule has 0 spiro atoms. The van der Waals surface area contributed by atoms with Gasteiger partial charge in [-0.25, -0.2) is 0 Å². The van der Waals surface area contributed by atoms with E-state index in [9.17, 15) is 0 Å². The average Bonchev–Trinajstić information content (AvgIpc) is 2.40. The van der Waals surface area contributed by atoms with Crippen LogP contribution in [-0.2, 0) is 0 Å². The van der Waals surface area contributed by atoms with Crippen LogP contribution in [0.15, 0.2) is 30.3 Å². The first-order chi connectivity index (χ1) is 8.83. The summed E-state index contributed by atoms with van der Waals surface area (Å²) in [6, 6.07) is 10.2. The van der Waals surface area contributed by atoms with E-state index in [0.29, 0.717) is 0 Å². The van der Waals surface area contributed by atoms with Crippen molar-refractivity contribution in [2.75, 3.05) is 13.1 Å². The van der Waals surface area contributed by atoms with Gasteiger partial charge >= 0.3 is 0 Å². The van der Waals surface area contributed by atoms with Crippen LogP contribution in [0.2, 0.25) is 0 Å². The van der Waals surface area contributed by atoms with E-state index in [0.717, 1.165) is 41.9 Å². The van der Waals surface area contributed by atoms with Gasteiger partial charge in [-0.3, -0.25) is 4.98 Å². The van der Waals surface area contributed by atoms with Crippen molar-refractivity contribution in [1.82, 2.24) is 10.3 Å². The van der Waals surface area contributed by atoms with Crippen molar-refractivity contribution >= 4 is 10.9 Å². The molecule has 1 fully saturated rings. The van der Waals surface area contributed by atoms with Crippen LogP contribution in [0.5, 0.6) is 5.75 Å². The molecular formula is C15H18N2O. The van der Waals surface area contributed by atoms with Crippen molar-refractivity contribution in [1.29, 1.82) is 0 Å². The molecule has 3 heteroatoms. The van der Waals surface area contributed by atoms with Crippen LogP contribution in [0.25, 0.3) is 10.9 Å². The maximum Gasteiger partial charge on any atom is 0.130 e. The number of ether oxygens (including phenoxy) is 1. The third-order valence-electron chi connectivity index (χ3n) is 3.35. The van der Waals surface area contributed by atoms with Crippen molar-refractivity contribution < 1.29 is 4.74 Å². The lowest BCUT2D eigenvalue weighted by Gasteiger charge is -2.24. The van der Waals surface area contributed by atoms with Gasteiger partial charge in [0.2, 0.25) is 0 Å². The summed E-state index contributed by atoms with van der Waals surface area (Å²) in [5, 5.41) is 4.48. The average molecular weight is 242 g/mol. The van der Waals surface area contributed by atoms with Gasteiger partial charge < -0.3 is 10.1 Å². The molecule has 1 saturated heterocycles. The molecule has 1 atom stereocenters. The van der Waals surface area contributed by atoms with Crippen LogP contribution in [0, 0.1) is 6.92 Å². The zero-order chi connectivity index (χ0) is 12.4. The smallest absolute Gasteiger partial charge is 0.130 e. The van der Waals surface area contributed by atoms with Crippen molar-refractivity contribution in [2.24, 2.45) is 0 Å². The SMILES string of the molecule is Cc1cc(OC2CCCNC2)c2ccccc2n1. The molecule has 1 aliphatic rings. The summed E-state index contributed by atoms with van der Waals surface area (Å²) >= 11 is 0. The van der Waals surface area contributed by atoms with Crippen LogP contribution in [0.3, 0.4) is 0 Å². The molecule has 94 valence electrons. The maximum absolute atomic E-state index is 6.15. The van der Waals surface area contributed by atoms with E-state index in [2.05, 4.69) is 16.4 Å². The van der Waals surface area contributed by atoms with Crippen LogP contribution >= 0.6 is 0 Å². The van der Waals surface area contributed by atoms with Gasteiger partial charge in [0.1, 0.15) is 11.9 Å². The molecule has 3 rings (SSSR count). The van der Waals surface area contributed by atoms with Crippen molar-refractivity contribution in [3.63, 3.8) is 0 Å². The van der Waals surface area contributed by atoms with Gasteiger partial charge in [-0.2, -0.15) is 0 Å². The fraction of sp³-hybridized carbons (Fsp3) is 0.400. The second kappa shape index (κ2) is 4.94. The summed E-state index contributed by atoms with van der Waals surface area (Å²) in [5.41, 5.74) is 2.02. The van der Waals surface area contributed by atoms with E-state index < -0.39 is 0 Å². The molecule has 1 aromatic carbocycles. The molecule has 3 nitrogen and oxygen atoms in total. The van der Waals surface area contributed by atoms with Crippen molar-refractivity contribution in [3.8, 4) is 5.75 Å². The first kappa shape index (κ1) is 11.5. The summed E-state index contributed by atoms with van der Waals surface area (Å²) < 4.78 is 6.15. The Kier molecular flexibility index (Phi) is 3.15. The lowest BCUT2D eigenvalue weighted by atomic mass is 10.1. The molecule has 1 aromatic heterocycles. The highest BCUT2D eigenvalue weighted by Crippen LogP contribution is 2.27. The van der Waals surface area contributed by atoms with Gasteiger partial charge in [-0.05, 0) is 38.4 Å². The number of nitrogens with one attached hydrogen (secondary N) is 1. The second-order valence-corrected chi connectivity index (χ2v) is 4.87. The number of aromatic nitrogens is 1. The van der Waals surface area contributed by atoms with Gasteiger partial charge in [0, 0.05) is 23.7 Å². The molecule has 0 amide bonds. The van der Waals surface area contributed by atoms with Crippen LogP contribution in [-0.4, -0.2) is 24.2 Å². The Morgan fingerprint density at radius 2 is 2.22 bits per heavy atom. The number of pyridine rings is 1. The highest BCUT2D eigenvalue weighted by atomic mass is 16.5. The Morgan fingerprint density at radius 3 is 3.06 bits per heavy atom. The predicted octanol–water partition coefficient (Wildman–Crippen LogP) is 2.67. The van der Waals surface area contributed by atoms with Crippen molar-refractivity contribution in [2.45, 2.75) is 25.9 Å². The van der Waals surface area contributed by atoms with E-state index in [1.54, 1.807) is 0 Å². The van der Waals surface area contributed by atoms with Crippen LogP contribution in [0.1, 0.15) is 18.5 Å². The minimum atomic E-state index is 0.281. The van der Waals surface area contributed by atoms with Gasteiger partial charge in [0.25, 0.3) is 0 Å². The molecule has 0 radical (unpaired) electrons. The Balaban J connectivity index is 1.94. The van der Waals surface area contributed by atoms with E-state index in [-0.39, 0.29) is 6.10 Å². The van der Waals surface area contributed by atoms with Gasteiger partial charge in [-0.15, -0.1) is 0 Å². The Hall–Kier alpha value is -1.61. The Labute approximate surface area is 107 Å². The summed E-state index contributed by atoms with van der Waals surface area (Å²) in [7, 11) is 0. The molecule has 0 saturated carbocycles. The molecule has 1 aliphatic heterocycles. The normalized spacial score (nSPS) is 19.9. The molecule has 0 aliphatic carbocycles. The monoisotopic (exact) mass is 242 g/mol. The lowest BCUT2D eigenvalue weighted by Crippen LogP contribution is -2.37. The first-order valence-corrected chi connectivity index (χ1v) is 6.57. The van der Waals surface area contributed by atoms with E-state index >= 15 is 0 Å². The zero-order valence-electron chi connectivity index (χ0n) is 10.6. The number of hydrogen-bond donors (Lipinski definition) is 1. The maximum atomic E-state index is 6.15. The highest BCUT2D eigenvalue weighted by Gasteiger charge is 2.16. The molecular weight excluding hydrogens is 224 g/mol. The van der Waals surface area contributed by atoms with Gasteiger partial charge in [0.15, 0.2) is 0 Å². The molecule has 2 heterocycles. The minimum absolute atomic E-state index is 0.281. The number of piperidine rings is 1. The predicted molar refractivity (Wildman–Crippen MR) is 73.0 cm³/mol. The van der Waals surface area contributed by atoms with Gasteiger partial charge in [0.05, 0.1) is 5.52 Å². The Bertz CT molecular complexity index is 547. The molecule has 2 aromatic rings. The zero-order valence-corrected chi connectivity index (χ0v) is 10.6. The summed E-state index contributed by atoms with van der Waals surface area (Å²) in [6.45, 7) is 4.06. The minimum Gasteiger partial charge on any atom is -0.488 e. The molecule has 0 bridgehead atoms. The molecule has 1 N–H and O–H groups in total. The standard InChI is InChI=1S/C15H18N2O/c1-11-9-15(18-12-5-4-8-16-10-12)13-6-2-3-7-14(13)17-11/h2-3,6-7,9,12,16H,4-5,8,10H2,1H3. The summed E-state index contributed by atoms with van der Waals surface area (Å²) in [4.78, 5) is 4.53. The van der Waals surface area contributed by atoms with Crippen LogP contribution < -0.4 is 10.1 Å². The fourth-order valence-electron chi connectivity index (χ4n) is 2.47.